The molecule has 0 saturated carbocycles. The molecule has 0 aliphatic rings. The van der Waals surface area contributed by atoms with Crippen LogP contribution in [0.15, 0.2) is 24.3 Å². The van der Waals surface area contributed by atoms with Crippen LogP contribution in [0.5, 0.6) is 5.75 Å². The first kappa shape index (κ1) is 19.0. The third kappa shape index (κ3) is 5.32. The molecule has 136 valence electrons. The highest BCUT2D eigenvalue weighted by Gasteiger charge is 2.14. The molecule has 0 fully saturated rings. The Kier molecular flexibility index (Phi) is 7.01. The monoisotopic (exact) mass is 345 g/mol. The molecule has 1 amide bonds. The van der Waals surface area contributed by atoms with E-state index in [0.717, 1.165) is 34.7 Å². The molecule has 0 atom stereocenters. The van der Waals surface area contributed by atoms with E-state index in [2.05, 4.69) is 10.4 Å². The summed E-state index contributed by atoms with van der Waals surface area (Å²) >= 11 is 0. The van der Waals surface area contributed by atoms with E-state index in [4.69, 9.17) is 9.47 Å². The van der Waals surface area contributed by atoms with Gasteiger partial charge in [-0.05, 0) is 44.9 Å². The normalized spacial score (nSPS) is 10.7. The van der Waals surface area contributed by atoms with E-state index in [1.807, 2.05) is 45.0 Å². The SMILES string of the molecule is CCOCn1nc(C)c(CC(=O)NCCc2ccc(OC)cc2)c1C. The summed E-state index contributed by atoms with van der Waals surface area (Å²) in [6.45, 7) is 7.51. The second-order valence-corrected chi connectivity index (χ2v) is 5.90. The van der Waals surface area contributed by atoms with Crippen LogP contribution >= 0.6 is 0 Å². The molecule has 0 unspecified atom stereocenters. The van der Waals surface area contributed by atoms with E-state index in [9.17, 15) is 4.79 Å². The van der Waals surface area contributed by atoms with Crippen molar-refractivity contribution >= 4 is 5.91 Å². The number of nitrogens with one attached hydrogen (secondary N) is 1. The van der Waals surface area contributed by atoms with Gasteiger partial charge in [0.05, 0.1) is 19.2 Å². The van der Waals surface area contributed by atoms with Gasteiger partial charge in [0.15, 0.2) is 0 Å². The highest BCUT2D eigenvalue weighted by Crippen LogP contribution is 2.14. The summed E-state index contributed by atoms with van der Waals surface area (Å²) in [6.07, 6.45) is 1.13. The lowest BCUT2D eigenvalue weighted by atomic mass is 10.1. The molecule has 2 rings (SSSR count). The van der Waals surface area contributed by atoms with E-state index in [1.54, 1.807) is 11.8 Å². The molecule has 6 heteroatoms. The van der Waals surface area contributed by atoms with Crippen LogP contribution in [-0.2, 0) is 29.1 Å². The van der Waals surface area contributed by atoms with Gasteiger partial charge in [0.25, 0.3) is 0 Å². The molecule has 0 spiro atoms. The predicted octanol–water partition coefficient (Wildman–Crippen LogP) is 2.40. The molecule has 1 N–H and O–H groups in total. The molecular weight excluding hydrogens is 318 g/mol. The van der Waals surface area contributed by atoms with Gasteiger partial charge >= 0.3 is 0 Å². The van der Waals surface area contributed by atoms with Gasteiger partial charge < -0.3 is 14.8 Å². The van der Waals surface area contributed by atoms with E-state index in [-0.39, 0.29) is 5.91 Å². The van der Waals surface area contributed by atoms with Gasteiger partial charge in [0, 0.05) is 24.4 Å². The lowest BCUT2D eigenvalue weighted by Crippen LogP contribution is -2.27. The van der Waals surface area contributed by atoms with Gasteiger partial charge in [-0.15, -0.1) is 0 Å². The molecule has 2 aromatic rings. The fraction of sp³-hybridized carbons (Fsp3) is 0.474. The van der Waals surface area contributed by atoms with Crippen molar-refractivity contribution in [1.82, 2.24) is 15.1 Å². The summed E-state index contributed by atoms with van der Waals surface area (Å²) < 4.78 is 12.3. The maximum atomic E-state index is 12.2. The van der Waals surface area contributed by atoms with Crippen LogP contribution in [0.25, 0.3) is 0 Å². The van der Waals surface area contributed by atoms with Crippen molar-refractivity contribution in [2.75, 3.05) is 20.3 Å². The summed E-state index contributed by atoms with van der Waals surface area (Å²) in [5, 5.41) is 7.42. The second kappa shape index (κ2) is 9.22. The number of hydrogen-bond donors (Lipinski definition) is 1. The number of amides is 1. The zero-order valence-corrected chi connectivity index (χ0v) is 15.5. The molecular formula is C19H27N3O3. The van der Waals surface area contributed by atoms with Crippen molar-refractivity contribution in [3.05, 3.63) is 46.8 Å². The van der Waals surface area contributed by atoms with Crippen molar-refractivity contribution in [3.63, 3.8) is 0 Å². The minimum Gasteiger partial charge on any atom is -0.497 e. The van der Waals surface area contributed by atoms with Crippen LogP contribution < -0.4 is 10.1 Å². The number of hydrogen-bond acceptors (Lipinski definition) is 4. The minimum atomic E-state index is 0.00988. The molecule has 0 radical (unpaired) electrons. The Labute approximate surface area is 149 Å². The lowest BCUT2D eigenvalue weighted by molar-refractivity contribution is -0.120. The number of rotatable bonds is 9. The lowest BCUT2D eigenvalue weighted by Gasteiger charge is -2.07. The highest BCUT2D eigenvalue weighted by atomic mass is 16.5. The maximum absolute atomic E-state index is 12.2. The average Bonchev–Trinajstić information content (AvgIpc) is 2.88. The number of carbonyl (C=O) groups excluding carboxylic acids is 1. The standard InChI is InChI=1S/C19H27N3O3/c1-5-25-13-22-15(3)18(14(2)21-22)12-19(23)20-11-10-16-6-8-17(24-4)9-7-16/h6-9H,5,10-13H2,1-4H3,(H,20,23). The molecule has 1 aromatic carbocycles. The number of ether oxygens (including phenoxy) is 2. The maximum Gasteiger partial charge on any atom is 0.224 e. The molecule has 0 bridgehead atoms. The number of aromatic nitrogens is 2. The van der Waals surface area contributed by atoms with Crippen molar-refractivity contribution < 1.29 is 14.3 Å². The van der Waals surface area contributed by atoms with Crippen molar-refractivity contribution in [2.45, 2.75) is 40.3 Å². The van der Waals surface area contributed by atoms with Crippen molar-refractivity contribution in [3.8, 4) is 5.75 Å². The first-order valence-corrected chi connectivity index (χ1v) is 8.55. The fourth-order valence-corrected chi connectivity index (χ4v) is 2.65. The number of benzene rings is 1. The van der Waals surface area contributed by atoms with E-state index in [1.165, 1.54) is 0 Å². The van der Waals surface area contributed by atoms with E-state index < -0.39 is 0 Å². The van der Waals surface area contributed by atoms with E-state index in [0.29, 0.717) is 26.3 Å². The molecule has 1 aromatic heterocycles. The summed E-state index contributed by atoms with van der Waals surface area (Å²) in [5.74, 6) is 0.846. The zero-order valence-electron chi connectivity index (χ0n) is 15.5. The quantitative estimate of drug-likeness (QED) is 0.758. The van der Waals surface area contributed by atoms with Gasteiger partial charge in [0.1, 0.15) is 12.5 Å². The topological polar surface area (TPSA) is 65.4 Å². The predicted molar refractivity (Wildman–Crippen MR) is 96.7 cm³/mol. The van der Waals surface area contributed by atoms with Gasteiger partial charge in [-0.3, -0.25) is 4.79 Å². The first-order valence-electron chi connectivity index (χ1n) is 8.55. The summed E-state index contributed by atoms with van der Waals surface area (Å²) in [5.41, 5.74) is 4.00. The smallest absolute Gasteiger partial charge is 0.224 e. The van der Waals surface area contributed by atoms with E-state index >= 15 is 0 Å². The fourth-order valence-electron chi connectivity index (χ4n) is 2.65. The molecule has 25 heavy (non-hydrogen) atoms. The van der Waals surface area contributed by atoms with Crippen LogP contribution in [0.2, 0.25) is 0 Å². The summed E-state index contributed by atoms with van der Waals surface area (Å²) in [7, 11) is 1.65. The number of methoxy groups -OCH3 is 1. The number of aryl methyl sites for hydroxylation is 1. The Morgan fingerprint density at radius 1 is 1.24 bits per heavy atom. The van der Waals surface area contributed by atoms with Crippen LogP contribution in [0.1, 0.15) is 29.4 Å². The second-order valence-electron chi connectivity index (χ2n) is 5.90. The Bertz CT molecular complexity index is 693. The molecule has 0 aliphatic heterocycles. The Morgan fingerprint density at radius 3 is 2.60 bits per heavy atom. The van der Waals surface area contributed by atoms with Gasteiger partial charge in [0.2, 0.25) is 5.91 Å². The van der Waals surface area contributed by atoms with Gasteiger partial charge in [-0.1, -0.05) is 12.1 Å². The third-order valence-electron chi connectivity index (χ3n) is 4.18. The number of carbonyl (C=O) groups is 1. The Balaban J connectivity index is 1.84. The van der Waals surface area contributed by atoms with Crippen LogP contribution in [0.3, 0.4) is 0 Å². The van der Waals surface area contributed by atoms with Crippen molar-refractivity contribution in [2.24, 2.45) is 0 Å². The van der Waals surface area contributed by atoms with Gasteiger partial charge in [-0.2, -0.15) is 5.10 Å². The molecule has 6 nitrogen and oxygen atoms in total. The summed E-state index contributed by atoms with van der Waals surface area (Å²) in [6, 6.07) is 7.88. The van der Waals surface area contributed by atoms with Crippen LogP contribution in [0.4, 0.5) is 0 Å². The Morgan fingerprint density at radius 2 is 1.96 bits per heavy atom. The summed E-state index contributed by atoms with van der Waals surface area (Å²) in [4.78, 5) is 12.2. The number of nitrogens with zero attached hydrogens (tertiary/aromatic N) is 2. The Hall–Kier alpha value is -2.34. The third-order valence-corrected chi connectivity index (χ3v) is 4.18. The molecule has 1 heterocycles. The van der Waals surface area contributed by atoms with Crippen LogP contribution in [0, 0.1) is 13.8 Å². The first-order chi connectivity index (χ1) is 12.0. The minimum absolute atomic E-state index is 0.00988. The largest absolute Gasteiger partial charge is 0.497 e. The molecule has 0 aliphatic carbocycles. The van der Waals surface area contributed by atoms with Gasteiger partial charge in [-0.25, -0.2) is 4.68 Å². The highest BCUT2D eigenvalue weighted by molar-refractivity contribution is 5.79. The van der Waals surface area contributed by atoms with Crippen molar-refractivity contribution in [1.29, 1.82) is 0 Å². The van der Waals surface area contributed by atoms with Crippen LogP contribution in [-0.4, -0.2) is 35.9 Å². The molecule has 0 saturated heterocycles. The average molecular weight is 345 g/mol. The zero-order chi connectivity index (χ0) is 18.2.